The number of rotatable bonds is 8. The summed E-state index contributed by atoms with van der Waals surface area (Å²) in [5.41, 5.74) is 2.28. The van der Waals surface area contributed by atoms with Crippen LogP contribution in [-0.4, -0.2) is 35.2 Å². The molecule has 2 aliphatic rings. The molecule has 274 valence electrons. The molecular weight excluding hydrogens is 721 g/mol. The third-order valence-electron chi connectivity index (χ3n) is 10.9. The number of nitrogens with one attached hydrogen (secondary N) is 1. The lowest BCUT2D eigenvalue weighted by atomic mass is 9.83. The van der Waals surface area contributed by atoms with E-state index in [-0.39, 0.29) is 63.2 Å². The fourth-order valence-electron chi connectivity index (χ4n) is 8.03. The van der Waals surface area contributed by atoms with Crippen LogP contribution in [-0.2, 0) is 27.4 Å². The number of nitrogens with zero attached hydrogens (tertiary/aromatic N) is 1. The first-order valence-corrected chi connectivity index (χ1v) is 18.4. The molecule has 2 aliphatic heterocycles. The Balaban J connectivity index is 1.30. The van der Waals surface area contributed by atoms with Gasteiger partial charge in [-0.1, -0.05) is 74.5 Å². The highest BCUT2D eigenvalue weighted by molar-refractivity contribution is 7.26. The third-order valence-corrected chi connectivity index (χ3v) is 12.0. The Kier molecular flexibility index (Phi) is 8.53. The fourth-order valence-corrected chi connectivity index (χ4v) is 9.29. The highest BCUT2D eigenvalue weighted by Crippen LogP contribution is 2.50. The van der Waals surface area contributed by atoms with Crippen molar-refractivity contribution in [2.24, 2.45) is 11.8 Å². The Hall–Kier alpha value is -5.14. The Morgan fingerprint density at radius 3 is 2.02 bits per heavy atom. The summed E-state index contributed by atoms with van der Waals surface area (Å²) in [6.07, 6.45) is -2.18. The van der Waals surface area contributed by atoms with Crippen molar-refractivity contribution in [3.8, 4) is 0 Å². The maximum absolute atomic E-state index is 15.4. The van der Waals surface area contributed by atoms with Crippen LogP contribution in [0.15, 0.2) is 84.9 Å². The van der Waals surface area contributed by atoms with E-state index in [1.54, 1.807) is 4.57 Å². The molecule has 12 heteroatoms. The minimum Gasteiger partial charge on any atom is -0.374 e. The normalized spacial score (nSPS) is 21.5. The molecule has 7 aromatic rings. The van der Waals surface area contributed by atoms with E-state index in [1.165, 1.54) is 0 Å². The van der Waals surface area contributed by atoms with Gasteiger partial charge in [0.25, 0.3) is 11.8 Å². The van der Waals surface area contributed by atoms with E-state index < -0.39 is 53.5 Å². The van der Waals surface area contributed by atoms with E-state index in [9.17, 15) is 18.4 Å². The van der Waals surface area contributed by atoms with Crippen molar-refractivity contribution in [3.63, 3.8) is 0 Å². The second-order valence-corrected chi connectivity index (χ2v) is 15.1. The van der Waals surface area contributed by atoms with Crippen LogP contribution in [0, 0.1) is 35.1 Å². The number of aromatic nitrogens is 1. The molecule has 5 atom stereocenters. The van der Waals surface area contributed by atoms with Gasteiger partial charge in [0.05, 0.1) is 52.8 Å². The van der Waals surface area contributed by atoms with Gasteiger partial charge >= 0.3 is 0 Å². The minimum absolute atomic E-state index is 0.0424. The summed E-state index contributed by atoms with van der Waals surface area (Å²) >= 11 is 1.08. The summed E-state index contributed by atoms with van der Waals surface area (Å²) in [7, 11) is 0. The van der Waals surface area contributed by atoms with Gasteiger partial charge in [-0.2, -0.15) is 0 Å². The number of benzene rings is 5. The van der Waals surface area contributed by atoms with Crippen molar-refractivity contribution in [1.29, 1.82) is 0 Å². The van der Waals surface area contributed by atoms with Crippen molar-refractivity contribution >= 4 is 65.1 Å². The SMILES string of the molecule is CC1C(COCc2ccccc2)OC(n2c3cc(F)c(F)cc3c3c4c(c5c6cc(F)c(F)cc6sc5c32)C(=O)NC4=O)C(OCc2ccccc2)C1C. The standard InChI is InChI=1S/C42H32F4N2O5S/c1-20-21(2)38(52-18-23-11-7-4-8-12-23)42(53-31(20)19-51-17-22-9-5-3-6-10-22)48-30-15-28(45)26(43)13-24(30)33-35-36(41(50)47-40(35)49)34-25-14-27(44)29(46)16-32(25)54-39(34)37(33)48/h3-16,20-21,31,38,42H,17-19H2,1-2H3,(H,47,49,50). The molecule has 5 aromatic carbocycles. The van der Waals surface area contributed by atoms with E-state index in [4.69, 9.17) is 14.2 Å². The number of thiophene rings is 1. The van der Waals surface area contributed by atoms with Gasteiger partial charge in [0.15, 0.2) is 29.5 Å². The number of hydrogen-bond donors (Lipinski definition) is 1. The maximum Gasteiger partial charge on any atom is 0.259 e. The molecule has 0 bridgehead atoms. The van der Waals surface area contributed by atoms with Crippen LogP contribution in [0.3, 0.4) is 0 Å². The van der Waals surface area contributed by atoms with Crippen LogP contribution in [0.25, 0.3) is 42.0 Å². The zero-order valence-corrected chi connectivity index (χ0v) is 29.8. The van der Waals surface area contributed by atoms with Gasteiger partial charge < -0.3 is 18.8 Å². The Bertz CT molecular complexity index is 2640. The molecule has 0 radical (unpaired) electrons. The number of fused-ring (bicyclic) bond motifs is 10. The fraction of sp³-hybridized carbons (Fsp3) is 0.238. The molecule has 2 aromatic heterocycles. The predicted octanol–water partition coefficient (Wildman–Crippen LogP) is 9.57. The van der Waals surface area contributed by atoms with Crippen LogP contribution in [0.2, 0.25) is 0 Å². The highest BCUT2D eigenvalue weighted by Gasteiger charge is 2.46. The van der Waals surface area contributed by atoms with Gasteiger partial charge in [-0.25, -0.2) is 17.6 Å². The van der Waals surface area contributed by atoms with E-state index >= 15 is 8.78 Å². The number of ether oxygens (including phenoxy) is 3. The van der Waals surface area contributed by atoms with Crippen molar-refractivity contribution in [2.45, 2.75) is 45.5 Å². The summed E-state index contributed by atoms with van der Waals surface area (Å²) in [5, 5.41) is 3.14. The number of carbonyl (C=O) groups excluding carboxylic acids is 2. The van der Waals surface area contributed by atoms with Gasteiger partial charge in [0.1, 0.15) is 6.10 Å². The third kappa shape index (κ3) is 5.50. The number of hydrogen-bond acceptors (Lipinski definition) is 6. The summed E-state index contributed by atoms with van der Waals surface area (Å²) in [6.45, 7) is 4.84. The van der Waals surface area contributed by atoms with Crippen LogP contribution in [0.1, 0.15) is 51.9 Å². The van der Waals surface area contributed by atoms with Gasteiger partial charge in [0, 0.05) is 32.3 Å². The number of carbonyl (C=O) groups is 2. The molecule has 0 saturated carbocycles. The second kappa shape index (κ2) is 13.3. The van der Waals surface area contributed by atoms with Gasteiger partial charge in [-0.05, 0) is 41.2 Å². The van der Waals surface area contributed by atoms with Crippen LogP contribution in [0.4, 0.5) is 17.6 Å². The highest BCUT2D eigenvalue weighted by atomic mass is 32.1. The van der Waals surface area contributed by atoms with Crippen LogP contribution in [0.5, 0.6) is 0 Å². The molecule has 0 spiro atoms. The van der Waals surface area contributed by atoms with Crippen molar-refractivity contribution in [2.75, 3.05) is 6.61 Å². The molecule has 9 rings (SSSR count). The molecule has 0 aliphatic carbocycles. The lowest BCUT2D eigenvalue weighted by Gasteiger charge is -2.45. The first-order valence-electron chi connectivity index (χ1n) is 17.6. The van der Waals surface area contributed by atoms with E-state index in [0.29, 0.717) is 21.5 Å². The summed E-state index contributed by atoms with van der Waals surface area (Å²) in [5.74, 6) is -6.26. The van der Waals surface area contributed by atoms with Gasteiger partial charge in [-0.15, -0.1) is 11.3 Å². The zero-order chi connectivity index (χ0) is 37.4. The van der Waals surface area contributed by atoms with Crippen molar-refractivity contribution in [3.05, 3.63) is 130 Å². The quantitative estimate of drug-likeness (QED) is 0.124. The summed E-state index contributed by atoms with van der Waals surface area (Å²) in [6, 6.07) is 23.4. The molecule has 2 amide bonds. The van der Waals surface area contributed by atoms with Gasteiger partial charge in [-0.3, -0.25) is 14.9 Å². The molecule has 1 fully saturated rings. The van der Waals surface area contributed by atoms with E-state index in [2.05, 4.69) is 5.32 Å². The first kappa shape index (κ1) is 34.6. The van der Waals surface area contributed by atoms with Gasteiger partial charge in [0.2, 0.25) is 0 Å². The molecule has 1 saturated heterocycles. The maximum atomic E-state index is 15.4. The first-order chi connectivity index (χ1) is 26.1. The second-order valence-electron chi connectivity index (χ2n) is 14.0. The Morgan fingerprint density at radius 1 is 0.741 bits per heavy atom. The van der Waals surface area contributed by atoms with Crippen molar-refractivity contribution < 1.29 is 41.4 Å². The predicted molar refractivity (Wildman–Crippen MR) is 197 cm³/mol. The van der Waals surface area contributed by atoms with E-state index in [0.717, 1.165) is 46.7 Å². The molecule has 1 N–H and O–H groups in total. The lowest BCUT2D eigenvalue weighted by Crippen LogP contribution is -2.49. The van der Waals surface area contributed by atoms with Crippen LogP contribution < -0.4 is 5.32 Å². The Labute approximate surface area is 310 Å². The monoisotopic (exact) mass is 752 g/mol. The largest absolute Gasteiger partial charge is 0.374 e. The molecule has 4 heterocycles. The lowest BCUT2D eigenvalue weighted by molar-refractivity contribution is -0.227. The zero-order valence-electron chi connectivity index (χ0n) is 29.0. The van der Waals surface area contributed by atoms with E-state index in [1.807, 2.05) is 74.5 Å². The summed E-state index contributed by atoms with van der Waals surface area (Å²) < 4.78 is 82.5. The molecule has 5 unspecified atom stereocenters. The minimum atomic E-state index is -1.16. The summed E-state index contributed by atoms with van der Waals surface area (Å²) in [4.78, 5) is 27.2. The number of halogens is 4. The molecular formula is C42H32F4N2O5S. The number of imide groups is 1. The Morgan fingerprint density at radius 2 is 1.33 bits per heavy atom. The topological polar surface area (TPSA) is 78.8 Å². The average molecular weight is 753 g/mol. The number of amides is 2. The van der Waals surface area contributed by atoms with Crippen LogP contribution >= 0.6 is 11.3 Å². The van der Waals surface area contributed by atoms with Crippen molar-refractivity contribution in [1.82, 2.24) is 9.88 Å². The molecule has 54 heavy (non-hydrogen) atoms. The average Bonchev–Trinajstić information content (AvgIpc) is 3.78. The molecule has 7 nitrogen and oxygen atoms in total. The smallest absolute Gasteiger partial charge is 0.259 e.